The molecule has 0 amide bonds. The fraction of sp³-hybridized carbons (Fsp3) is 0.417. The smallest absolute Gasteiger partial charge is 0.151 e. The minimum absolute atomic E-state index is 0.110. The molecule has 1 atom stereocenters. The molecule has 88 valence electrons. The summed E-state index contributed by atoms with van der Waals surface area (Å²) in [6.07, 6.45) is 0. The number of halogens is 1. The molecule has 16 heavy (non-hydrogen) atoms. The normalized spacial score (nSPS) is 12.4. The molecule has 2 N–H and O–H groups in total. The molecular formula is C12H16ClNO2. The number of ketones is 1. The highest BCUT2D eigenvalue weighted by Crippen LogP contribution is 2.34. The molecule has 1 aromatic carbocycles. The quantitative estimate of drug-likeness (QED) is 0.885. The second-order valence-corrected chi connectivity index (χ2v) is 4.21. The third kappa shape index (κ3) is 2.20. The molecule has 0 spiro atoms. The van der Waals surface area contributed by atoms with Gasteiger partial charge in [-0.05, 0) is 38.0 Å². The lowest BCUT2D eigenvalue weighted by Gasteiger charge is -2.18. The molecule has 1 unspecified atom stereocenters. The van der Waals surface area contributed by atoms with Crippen LogP contribution in [0.4, 0.5) is 0 Å². The summed E-state index contributed by atoms with van der Waals surface area (Å²) < 4.78 is 5.24. The lowest BCUT2D eigenvalue weighted by molar-refractivity contribution is -0.118. The molecule has 1 aromatic rings. The van der Waals surface area contributed by atoms with E-state index < -0.39 is 6.04 Å². The fourth-order valence-electron chi connectivity index (χ4n) is 1.70. The first kappa shape index (κ1) is 13.0. The van der Waals surface area contributed by atoms with Gasteiger partial charge in [0.15, 0.2) is 5.78 Å². The van der Waals surface area contributed by atoms with Crippen LogP contribution in [-0.4, -0.2) is 12.9 Å². The van der Waals surface area contributed by atoms with Crippen LogP contribution >= 0.6 is 11.6 Å². The maximum atomic E-state index is 11.3. The number of nitrogens with two attached hydrogens (primary N) is 1. The SMILES string of the molecule is COc1cc(C)c(Cl)c(C)c1C(N)C(C)=O. The van der Waals surface area contributed by atoms with Crippen molar-refractivity contribution in [2.45, 2.75) is 26.8 Å². The Morgan fingerprint density at radius 1 is 1.50 bits per heavy atom. The van der Waals surface area contributed by atoms with Crippen molar-refractivity contribution >= 4 is 17.4 Å². The summed E-state index contributed by atoms with van der Waals surface area (Å²) in [6, 6.07) is 1.11. The van der Waals surface area contributed by atoms with E-state index in [9.17, 15) is 4.79 Å². The van der Waals surface area contributed by atoms with Crippen LogP contribution in [0.2, 0.25) is 5.02 Å². The maximum Gasteiger partial charge on any atom is 0.151 e. The van der Waals surface area contributed by atoms with Crippen LogP contribution in [0.25, 0.3) is 0 Å². The van der Waals surface area contributed by atoms with E-state index in [2.05, 4.69) is 0 Å². The van der Waals surface area contributed by atoms with Crippen LogP contribution in [0.1, 0.15) is 29.7 Å². The number of hydrogen-bond acceptors (Lipinski definition) is 3. The van der Waals surface area contributed by atoms with Crippen LogP contribution < -0.4 is 10.5 Å². The standard InChI is InChI=1S/C12H16ClNO2/c1-6-5-9(16-4)10(7(2)11(6)13)12(14)8(3)15/h5,12H,14H2,1-4H3. The van der Waals surface area contributed by atoms with Crippen LogP contribution in [0.15, 0.2) is 6.07 Å². The summed E-state index contributed by atoms with van der Waals surface area (Å²) >= 11 is 6.14. The minimum Gasteiger partial charge on any atom is -0.496 e. The maximum absolute atomic E-state index is 11.3. The van der Waals surface area contributed by atoms with Gasteiger partial charge in [-0.15, -0.1) is 0 Å². The van der Waals surface area contributed by atoms with Crippen molar-refractivity contribution in [2.75, 3.05) is 7.11 Å². The van der Waals surface area contributed by atoms with Gasteiger partial charge in [0, 0.05) is 10.6 Å². The number of Topliss-reactive ketones (excluding diaryl/α,β-unsaturated/α-hetero) is 1. The number of ether oxygens (including phenoxy) is 1. The summed E-state index contributed by atoms with van der Waals surface area (Å²) in [6.45, 7) is 5.19. The Kier molecular flexibility index (Phi) is 3.94. The summed E-state index contributed by atoms with van der Waals surface area (Å²) in [4.78, 5) is 11.3. The van der Waals surface area contributed by atoms with E-state index in [0.29, 0.717) is 16.3 Å². The average molecular weight is 242 g/mol. The fourth-order valence-corrected chi connectivity index (χ4v) is 1.85. The molecular weight excluding hydrogens is 226 g/mol. The molecule has 0 radical (unpaired) electrons. The third-order valence-electron chi connectivity index (χ3n) is 2.66. The predicted octanol–water partition coefficient (Wildman–Crippen LogP) is 2.55. The van der Waals surface area contributed by atoms with E-state index in [1.54, 1.807) is 13.2 Å². The lowest BCUT2D eigenvalue weighted by atomic mass is 9.96. The molecule has 0 saturated heterocycles. The van der Waals surface area contributed by atoms with Gasteiger partial charge in [-0.2, -0.15) is 0 Å². The van der Waals surface area contributed by atoms with Gasteiger partial charge >= 0.3 is 0 Å². The highest BCUT2D eigenvalue weighted by atomic mass is 35.5. The summed E-state index contributed by atoms with van der Waals surface area (Å²) in [7, 11) is 1.55. The number of benzene rings is 1. The molecule has 0 aliphatic carbocycles. The Morgan fingerprint density at radius 2 is 2.06 bits per heavy atom. The number of aryl methyl sites for hydroxylation is 1. The summed E-state index contributed by atoms with van der Waals surface area (Å²) in [5.41, 5.74) is 8.24. The molecule has 0 aromatic heterocycles. The van der Waals surface area contributed by atoms with Gasteiger partial charge in [0.2, 0.25) is 0 Å². The third-order valence-corrected chi connectivity index (χ3v) is 3.24. The molecule has 1 rings (SSSR count). The Bertz CT molecular complexity index is 430. The Morgan fingerprint density at radius 3 is 2.50 bits per heavy atom. The largest absolute Gasteiger partial charge is 0.496 e. The van der Waals surface area contributed by atoms with Gasteiger partial charge < -0.3 is 10.5 Å². The van der Waals surface area contributed by atoms with E-state index in [1.165, 1.54) is 6.92 Å². The highest BCUT2D eigenvalue weighted by Gasteiger charge is 2.21. The van der Waals surface area contributed by atoms with E-state index in [-0.39, 0.29) is 5.78 Å². The topological polar surface area (TPSA) is 52.3 Å². The van der Waals surface area contributed by atoms with Crippen molar-refractivity contribution in [1.82, 2.24) is 0 Å². The van der Waals surface area contributed by atoms with Crippen molar-refractivity contribution in [2.24, 2.45) is 5.73 Å². The minimum atomic E-state index is -0.687. The summed E-state index contributed by atoms with van der Waals surface area (Å²) in [5, 5.41) is 0.632. The van der Waals surface area contributed by atoms with E-state index in [4.69, 9.17) is 22.1 Å². The van der Waals surface area contributed by atoms with Crippen LogP contribution in [0.5, 0.6) is 5.75 Å². The van der Waals surface area contributed by atoms with Crippen LogP contribution in [-0.2, 0) is 4.79 Å². The Labute approximate surface area is 101 Å². The number of carbonyl (C=O) groups is 1. The van der Waals surface area contributed by atoms with Gasteiger partial charge in [-0.1, -0.05) is 11.6 Å². The van der Waals surface area contributed by atoms with E-state index in [1.807, 2.05) is 13.8 Å². The molecule has 0 bridgehead atoms. The molecule has 0 saturated carbocycles. The molecule has 0 heterocycles. The first-order valence-electron chi connectivity index (χ1n) is 4.99. The van der Waals surface area contributed by atoms with Crippen molar-refractivity contribution < 1.29 is 9.53 Å². The van der Waals surface area contributed by atoms with Crippen molar-refractivity contribution in [3.63, 3.8) is 0 Å². The van der Waals surface area contributed by atoms with Gasteiger partial charge in [-0.3, -0.25) is 4.79 Å². The summed E-state index contributed by atoms with van der Waals surface area (Å²) in [5.74, 6) is 0.503. The highest BCUT2D eigenvalue weighted by molar-refractivity contribution is 6.32. The van der Waals surface area contributed by atoms with Gasteiger partial charge in [0.1, 0.15) is 5.75 Å². The van der Waals surface area contributed by atoms with Crippen molar-refractivity contribution in [3.8, 4) is 5.75 Å². The monoisotopic (exact) mass is 241 g/mol. The first-order valence-corrected chi connectivity index (χ1v) is 5.37. The van der Waals surface area contributed by atoms with Gasteiger partial charge in [0.05, 0.1) is 13.2 Å². The van der Waals surface area contributed by atoms with Crippen molar-refractivity contribution in [1.29, 1.82) is 0 Å². The Balaban J connectivity index is 3.47. The van der Waals surface area contributed by atoms with Crippen molar-refractivity contribution in [3.05, 3.63) is 27.8 Å². The lowest BCUT2D eigenvalue weighted by Crippen LogP contribution is -2.20. The Hall–Kier alpha value is -1.06. The average Bonchev–Trinajstić information content (AvgIpc) is 2.24. The molecule has 0 fully saturated rings. The zero-order valence-electron chi connectivity index (χ0n) is 9.93. The van der Waals surface area contributed by atoms with Gasteiger partial charge in [0.25, 0.3) is 0 Å². The zero-order valence-corrected chi connectivity index (χ0v) is 10.7. The zero-order chi connectivity index (χ0) is 12.5. The number of carbonyl (C=O) groups excluding carboxylic acids is 1. The second-order valence-electron chi connectivity index (χ2n) is 3.84. The van der Waals surface area contributed by atoms with Crippen LogP contribution in [0.3, 0.4) is 0 Å². The number of hydrogen-bond donors (Lipinski definition) is 1. The predicted molar refractivity (Wildman–Crippen MR) is 65.1 cm³/mol. The first-order chi connectivity index (χ1) is 7.40. The molecule has 0 aliphatic heterocycles. The molecule has 4 heteroatoms. The van der Waals surface area contributed by atoms with Crippen LogP contribution in [0, 0.1) is 13.8 Å². The van der Waals surface area contributed by atoms with E-state index in [0.717, 1.165) is 11.1 Å². The van der Waals surface area contributed by atoms with E-state index >= 15 is 0 Å². The second kappa shape index (κ2) is 4.85. The number of rotatable bonds is 3. The molecule has 3 nitrogen and oxygen atoms in total. The molecule has 0 aliphatic rings. The number of methoxy groups -OCH3 is 1. The van der Waals surface area contributed by atoms with Gasteiger partial charge in [-0.25, -0.2) is 0 Å².